The van der Waals surface area contributed by atoms with Crippen molar-refractivity contribution >= 4 is 11.6 Å². The summed E-state index contributed by atoms with van der Waals surface area (Å²) >= 11 is 6.05. The SMILES string of the molecule is Cc1nc(Cl)c(C)n([C@H](C)c2ccccc2)c1=O. The molecule has 0 unspecified atom stereocenters. The number of aromatic nitrogens is 2. The van der Waals surface area contributed by atoms with E-state index in [4.69, 9.17) is 11.6 Å². The van der Waals surface area contributed by atoms with E-state index < -0.39 is 0 Å². The Labute approximate surface area is 111 Å². The molecule has 0 aliphatic carbocycles. The van der Waals surface area contributed by atoms with Gasteiger partial charge in [0.1, 0.15) is 10.8 Å². The van der Waals surface area contributed by atoms with Crippen LogP contribution in [0.3, 0.4) is 0 Å². The first-order valence-corrected chi connectivity index (χ1v) is 6.20. The van der Waals surface area contributed by atoms with E-state index in [1.54, 1.807) is 11.5 Å². The van der Waals surface area contributed by atoms with Crippen LogP contribution in [0.2, 0.25) is 5.15 Å². The molecule has 0 aliphatic rings. The molecule has 0 amide bonds. The minimum atomic E-state index is -0.0896. The molecule has 0 spiro atoms. The Morgan fingerprint density at radius 2 is 1.83 bits per heavy atom. The van der Waals surface area contributed by atoms with E-state index in [9.17, 15) is 4.79 Å². The molecule has 2 aromatic rings. The topological polar surface area (TPSA) is 34.9 Å². The molecule has 1 heterocycles. The number of aryl methyl sites for hydroxylation is 1. The first kappa shape index (κ1) is 12.8. The molecule has 0 fully saturated rings. The van der Waals surface area contributed by atoms with Crippen LogP contribution < -0.4 is 5.56 Å². The number of nitrogens with zero attached hydrogens (tertiary/aromatic N) is 2. The minimum absolute atomic E-state index is 0.0575. The van der Waals surface area contributed by atoms with Crippen LogP contribution in [0.1, 0.15) is 29.9 Å². The second-order valence-electron chi connectivity index (χ2n) is 4.34. The molecule has 18 heavy (non-hydrogen) atoms. The lowest BCUT2D eigenvalue weighted by Crippen LogP contribution is -2.29. The maximum Gasteiger partial charge on any atom is 0.272 e. The lowest BCUT2D eigenvalue weighted by molar-refractivity contribution is 0.586. The zero-order valence-electron chi connectivity index (χ0n) is 10.6. The normalized spacial score (nSPS) is 12.4. The fourth-order valence-electron chi connectivity index (χ4n) is 2.05. The molecular formula is C14H15ClN2O. The van der Waals surface area contributed by atoms with Gasteiger partial charge in [-0.2, -0.15) is 0 Å². The molecule has 1 aromatic carbocycles. The molecule has 0 N–H and O–H groups in total. The standard InChI is InChI=1S/C14H15ClN2O/c1-9-14(18)17(11(3)13(15)16-9)10(2)12-7-5-4-6-8-12/h4-8,10H,1-3H3/t10-/m1/s1. The predicted octanol–water partition coefficient (Wildman–Crippen LogP) is 3.12. The summed E-state index contributed by atoms with van der Waals surface area (Å²) in [5, 5.41) is 0.384. The van der Waals surface area contributed by atoms with Crippen molar-refractivity contribution in [1.29, 1.82) is 0 Å². The molecule has 0 bridgehead atoms. The van der Waals surface area contributed by atoms with Gasteiger partial charge in [-0.15, -0.1) is 0 Å². The second-order valence-corrected chi connectivity index (χ2v) is 4.69. The van der Waals surface area contributed by atoms with Crippen molar-refractivity contribution < 1.29 is 0 Å². The summed E-state index contributed by atoms with van der Waals surface area (Å²) in [6.07, 6.45) is 0. The number of hydrogen-bond donors (Lipinski definition) is 0. The van der Waals surface area contributed by atoms with Gasteiger partial charge in [0.05, 0.1) is 11.7 Å². The van der Waals surface area contributed by atoms with Crippen LogP contribution in [0.15, 0.2) is 35.1 Å². The molecule has 0 saturated carbocycles. The molecule has 3 nitrogen and oxygen atoms in total. The van der Waals surface area contributed by atoms with E-state index in [2.05, 4.69) is 4.98 Å². The lowest BCUT2D eigenvalue weighted by Gasteiger charge is -2.19. The summed E-state index contributed by atoms with van der Waals surface area (Å²) in [5.74, 6) is 0. The molecule has 0 aliphatic heterocycles. The Bertz CT molecular complexity index is 620. The minimum Gasteiger partial charge on any atom is -0.301 e. The fraction of sp³-hybridized carbons (Fsp3) is 0.286. The number of benzene rings is 1. The van der Waals surface area contributed by atoms with Crippen molar-refractivity contribution in [3.63, 3.8) is 0 Å². The number of halogens is 1. The average Bonchev–Trinajstić information content (AvgIpc) is 2.37. The van der Waals surface area contributed by atoms with Crippen molar-refractivity contribution in [3.8, 4) is 0 Å². The maximum atomic E-state index is 12.2. The van der Waals surface area contributed by atoms with Crippen LogP contribution in [0.4, 0.5) is 0 Å². The van der Waals surface area contributed by atoms with E-state index in [0.29, 0.717) is 16.5 Å². The summed E-state index contributed by atoms with van der Waals surface area (Å²) in [6, 6.07) is 9.82. The van der Waals surface area contributed by atoms with E-state index in [1.807, 2.05) is 44.2 Å². The largest absolute Gasteiger partial charge is 0.301 e. The Kier molecular flexibility index (Phi) is 3.53. The summed E-state index contributed by atoms with van der Waals surface area (Å²) in [4.78, 5) is 16.2. The Morgan fingerprint density at radius 3 is 2.44 bits per heavy atom. The molecule has 94 valence electrons. The zero-order chi connectivity index (χ0) is 13.3. The summed E-state index contributed by atoms with van der Waals surface area (Å²) in [7, 11) is 0. The Balaban J connectivity index is 2.62. The lowest BCUT2D eigenvalue weighted by atomic mass is 10.1. The Morgan fingerprint density at radius 1 is 1.22 bits per heavy atom. The van der Waals surface area contributed by atoms with Gasteiger partial charge in [-0.1, -0.05) is 41.9 Å². The van der Waals surface area contributed by atoms with Crippen molar-refractivity contribution in [1.82, 2.24) is 9.55 Å². The molecular weight excluding hydrogens is 248 g/mol. The van der Waals surface area contributed by atoms with Crippen LogP contribution in [-0.4, -0.2) is 9.55 Å². The van der Waals surface area contributed by atoms with E-state index >= 15 is 0 Å². The zero-order valence-corrected chi connectivity index (χ0v) is 11.4. The van der Waals surface area contributed by atoms with Gasteiger partial charge in [-0.05, 0) is 26.3 Å². The third-order valence-corrected chi connectivity index (χ3v) is 3.48. The second kappa shape index (κ2) is 4.94. The van der Waals surface area contributed by atoms with Crippen LogP contribution in [0.25, 0.3) is 0 Å². The van der Waals surface area contributed by atoms with Crippen molar-refractivity contribution in [2.75, 3.05) is 0 Å². The molecule has 4 heteroatoms. The van der Waals surface area contributed by atoms with E-state index in [1.165, 1.54) is 0 Å². The highest BCUT2D eigenvalue weighted by Gasteiger charge is 2.15. The van der Waals surface area contributed by atoms with Crippen molar-refractivity contribution in [3.05, 3.63) is 62.8 Å². The van der Waals surface area contributed by atoms with E-state index in [-0.39, 0.29) is 11.6 Å². The van der Waals surface area contributed by atoms with Crippen LogP contribution in [0.5, 0.6) is 0 Å². The molecule has 0 saturated heterocycles. The summed E-state index contributed by atoms with van der Waals surface area (Å²) in [5.41, 5.74) is 2.11. The van der Waals surface area contributed by atoms with Gasteiger partial charge >= 0.3 is 0 Å². The quantitative estimate of drug-likeness (QED) is 0.833. The first-order valence-electron chi connectivity index (χ1n) is 5.82. The highest BCUT2D eigenvalue weighted by molar-refractivity contribution is 6.30. The number of hydrogen-bond acceptors (Lipinski definition) is 2. The maximum absolute atomic E-state index is 12.2. The smallest absolute Gasteiger partial charge is 0.272 e. The van der Waals surface area contributed by atoms with Crippen LogP contribution >= 0.6 is 11.6 Å². The highest BCUT2D eigenvalue weighted by Crippen LogP contribution is 2.20. The van der Waals surface area contributed by atoms with Gasteiger partial charge in [0, 0.05) is 0 Å². The average molecular weight is 263 g/mol. The first-order chi connectivity index (χ1) is 8.52. The van der Waals surface area contributed by atoms with Gasteiger partial charge < -0.3 is 4.57 Å². The Hall–Kier alpha value is -1.61. The highest BCUT2D eigenvalue weighted by atomic mass is 35.5. The molecule has 0 radical (unpaired) electrons. The van der Waals surface area contributed by atoms with E-state index in [0.717, 1.165) is 5.56 Å². The third-order valence-electron chi connectivity index (χ3n) is 3.12. The molecule has 1 aromatic heterocycles. The van der Waals surface area contributed by atoms with Gasteiger partial charge in [0.2, 0.25) is 0 Å². The van der Waals surface area contributed by atoms with Gasteiger partial charge in [-0.3, -0.25) is 4.79 Å². The van der Waals surface area contributed by atoms with Crippen LogP contribution in [-0.2, 0) is 0 Å². The van der Waals surface area contributed by atoms with Gasteiger partial charge in [-0.25, -0.2) is 4.98 Å². The van der Waals surface area contributed by atoms with Crippen molar-refractivity contribution in [2.24, 2.45) is 0 Å². The monoisotopic (exact) mass is 262 g/mol. The summed E-state index contributed by atoms with van der Waals surface area (Å²) < 4.78 is 1.69. The van der Waals surface area contributed by atoms with Crippen LogP contribution in [0, 0.1) is 13.8 Å². The third kappa shape index (κ3) is 2.18. The van der Waals surface area contributed by atoms with Gasteiger partial charge in [0.25, 0.3) is 5.56 Å². The molecule has 1 atom stereocenters. The van der Waals surface area contributed by atoms with Crippen molar-refractivity contribution in [2.45, 2.75) is 26.8 Å². The molecule has 2 rings (SSSR count). The fourth-order valence-corrected chi connectivity index (χ4v) is 2.27. The number of rotatable bonds is 2. The predicted molar refractivity (Wildman–Crippen MR) is 73.2 cm³/mol. The van der Waals surface area contributed by atoms with Gasteiger partial charge in [0.15, 0.2) is 0 Å². The summed E-state index contributed by atoms with van der Waals surface area (Å²) in [6.45, 7) is 5.48.